The molecule has 22 heavy (non-hydrogen) atoms. The number of fused-ring (bicyclic) bond motifs is 1. The summed E-state index contributed by atoms with van der Waals surface area (Å²) in [5, 5.41) is 19.6. The first-order chi connectivity index (χ1) is 10.2. The molecule has 116 valence electrons. The lowest BCUT2D eigenvalue weighted by atomic mass is 10.1. The van der Waals surface area contributed by atoms with E-state index in [4.69, 9.17) is 5.11 Å². The van der Waals surface area contributed by atoms with Crippen molar-refractivity contribution in [2.75, 3.05) is 5.32 Å². The Bertz CT molecular complexity index is 793. The molecule has 7 heteroatoms. The summed E-state index contributed by atoms with van der Waals surface area (Å²) < 4.78 is 0. The van der Waals surface area contributed by atoms with Gasteiger partial charge in [-0.1, -0.05) is 13.8 Å². The smallest absolute Gasteiger partial charge is 0.307 e. The van der Waals surface area contributed by atoms with Crippen LogP contribution in [0.5, 0.6) is 0 Å². The van der Waals surface area contributed by atoms with Crippen molar-refractivity contribution >= 4 is 28.7 Å². The number of rotatable bonds is 3. The van der Waals surface area contributed by atoms with Gasteiger partial charge in [0.05, 0.1) is 17.2 Å². The molecular formula is C15H18N4O3. The standard InChI is InChI=1S/C15H18N4O3/c1-6-5-7(2)16-11-8(6)12(19-18-11)17-13(20)9-10(14(21)22)15(9,3)4/h5,9-10H,1-4H3,(H,21,22)(H2,16,17,18,19,20). The number of aryl methyl sites for hydroxylation is 2. The molecule has 0 bridgehead atoms. The predicted molar refractivity (Wildman–Crippen MR) is 80.4 cm³/mol. The van der Waals surface area contributed by atoms with Gasteiger partial charge >= 0.3 is 5.97 Å². The van der Waals surface area contributed by atoms with Crippen molar-refractivity contribution in [1.82, 2.24) is 15.2 Å². The highest BCUT2D eigenvalue weighted by atomic mass is 16.4. The van der Waals surface area contributed by atoms with Crippen LogP contribution in [-0.2, 0) is 9.59 Å². The summed E-state index contributed by atoms with van der Waals surface area (Å²) in [6.45, 7) is 7.38. The first-order valence-electron chi connectivity index (χ1n) is 7.09. The molecule has 2 atom stereocenters. The van der Waals surface area contributed by atoms with E-state index in [0.29, 0.717) is 11.5 Å². The van der Waals surface area contributed by atoms with E-state index in [9.17, 15) is 9.59 Å². The second kappa shape index (κ2) is 4.53. The van der Waals surface area contributed by atoms with Crippen molar-refractivity contribution in [3.05, 3.63) is 17.3 Å². The maximum absolute atomic E-state index is 12.4. The van der Waals surface area contributed by atoms with Crippen LogP contribution in [-0.4, -0.2) is 32.2 Å². The zero-order valence-electron chi connectivity index (χ0n) is 12.9. The number of aromatic nitrogens is 3. The monoisotopic (exact) mass is 302 g/mol. The number of nitrogens with one attached hydrogen (secondary N) is 2. The number of hydrogen-bond acceptors (Lipinski definition) is 4. The molecule has 0 spiro atoms. The van der Waals surface area contributed by atoms with Crippen molar-refractivity contribution < 1.29 is 14.7 Å². The normalized spacial score (nSPS) is 22.5. The average Bonchev–Trinajstić information content (AvgIpc) is 2.76. The zero-order chi connectivity index (χ0) is 16.2. The van der Waals surface area contributed by atoms with E-state index >= 15 is 0 Å². The molecular weight excluding hydrogens is 284 g/mol. The summed E-state index contributed by atoms with van der Waals surface area (Å²) in [5.74, 6) is -2.05. The number of carbonyl (C=O) groups excluding carboxylic acids is 1. The highest BCUT2D eigenvalue weighted by molar-refractivity contribution is 6.04. The molecule has 2 aromatic rings. The van der Waals surface area contributed by atoms with Crippen LogP contribution in [0, 0.1) is 31.1 Å². The molecule has 1 aliphatic carbocycles. The minimum atomic E-state index is -0.939. The SMILES string of the molecule is Cc1cc(C)c2c(NC(=O)C3C(C(=O)O)C3(C)C)n[nH]c2n1. The highest BCUT2D eigenvalue weighted by Crippen LogP contribution is 2.58. The largest absolute Gasteiger partial charge is 0.481 e. The Morgan fingerprint density at radius 2 is 2.00 bits per heavy atom. The van der Waals surface area contributed by atoms with Crippen LogP contribution < -0.4 is 5.32 Å². The van der Waals surface area contributed by atoms with Crippen LogP contribution in [0.4, 0.5) is 5.82 Å². The predicted octanol–water partition coefficient (Wildman–Crippen LogP) is 1.87. The number of amides is 1. The molecule has 2 unspecified atom stereocenters. The molecule has 2 aromatic heterocycles. The number of pyridine rings is 1. The number of H-pyrrole nitrogens is 1. The van der Waals surface area contributed by atoms with E-state index in [2.05, 4.69) is 20.5 Å². The van der Waals surface area contributed by atoms with Crippen LogP contribution >= 0.6 is 0 Å². The molecule has 1 aliphatic rings. The van der Waals surface area contributed by atoms with Crippen molar-refractivity contribution in [1.29, 1.82) is 0 Å². The molecule has 1 amide bonds. The molecule has 1 fully saturated rings. The lowest BCUT2D eigenvalue weighted by Crippen LogP contribution is -2.18. The maximum Gasteiger partial charge on any atom is 0.307 e. The first kappa shape index (κ1) is 14.5. The van der Waals surface area contributed by atoms with Crippen LogP contribution in [0.25, 0.3) is 11.0 Å². The van der Waals surface area contributed by atoms with Crippen LogP contribution in [0.2, 0.25) is 0 Å². The number of aliphatic carboxylic acids is 1. The van der Waals surface area contributed by atoms with Crippen LogP contribution in [0.15, 0.2) is 6.07 Å². The van der Waals surface area contributed by atoms with Gasteiger partial charge in [0, 0.05) is 5.69 Å². The van der Waals surface area contributed by atoms with E-state index in [0.717, 1.165) is 16.6 Å². The Balaban J connectivity index is 1.89. The summed E-state index contributed by atoms with van der Waals surface area (Å²) in [5.41, 5.74) is 1.89. The summed E-state index contributed by atoms with van der Waals surface area (Å²) in [7, 11) is 0. The summed E-state index contributed by atoms with van der Waals surface area (Å²) in [4.78, 5) is 27.9. The van der Waals surface area contributed by atoms with E-state index in [1.807, 2.05) is 19.9 Å². The zero-order valence-corrected chi connectivity index (χ0v) is 12.9. The summed E-state index contributed by atoms with van der Waals surface area (Å²) >= 11 is 0. The van der Waals surface area contributed by atoms with E-state index in [1.165, 1.54) is 0 Å². The molecule has 1 saturated carbocycles. The number of hydrogen-bond donors (Lipinski definition) is 3. The topological polar surface area (TPSA) is 108 Å². The average molecular weight is 302 g/mol. The quantitative estimate of drug-likeness (QED) is 0.802. The fourth-order valence-electron chi connectivity index (χ4n) is 3.25. The van der Waals surface area contributed by atoms with Gasteiger partial charge in [-0.05, 0) is 30.9 Å². The summed E-state index contributed by atoms with van der Waals surface area (Å²) in [6.07, 6.45) is 0. The van der Waals surface area contributed by atoms with Crippen molar-refractivity contribution in [3.63, 3.8) is 0 Å². The maximum atomic E-state index is 12.4. The van der Waals surface area contributed by atoms with Crippen molar-refractivity contribution in [2.24, 2.45) is 17.3 Å². The second-order valence-corrected chi connectivity index (χ2v) is 6.48. The van der Waals surface area contributed by atoms with Crippen molar-refractivity contribution in [2.45, 2.75) is 27.7 Å². The van der Waals surface area contributed by atoms with Crippen molar-refractivity contribution in [3.8, 4) is 0 Å². The Labute approximate surface area is 127 Å². The number of carbonyl (C=O) groups is 2. The van der Waals surface area contributed by atoms with E-state index < -0.39 is 23.2 Å². The minimum Gasteiger partial charge on any atom is -0.481 e. The highest BCUT2D eigenvalue weighted by Gasteiger charge is 2.66. The van der Waals surface area contributed by atoms with E-state index in [1.54, 1.807) is 13.8 Å². The molecule has 0 aromatic carbocycles. The molecule has 7 nitrogen and oxygen atoms in total. The molecule has 0 radical (unpaired) electrons. The van der Waals surface area contributed by atoms with Crippen LogP contribution in [0.3, 0.4) is 0 Å². The fraction of sp³-hybridized carbons (Fsp3) is 0.467. The molecule has 3 rings (SSSR count). The van der Waals surface area contributed by atoms with Gasteiger partial charge in [-0.25, -0.2) is 4.98 Å². The Morgan fingerprint density at radius 3 is 2.59 bits per heavy atom. The van der Waals surface area contributed by atoms with Gasteiger partial charge in [-0.2, -0.15) is 5.10 Å². The van der Waals surface area contributed by atoms with Gasteiger partial charge in [0.25, 0.3) is 0 Å². The Kier molecular flexibility index (Phi) is 2.98. The molecule has 0 saturated heterocycles. The number of anilines is 1. The van der Waals surface area contributed by atoms with Gasteiger partial charge in [-0.3, -0.25) is 14.7 Å². The third kappa shape index (κ3) is 2.04. The number of nitrogens with zero attached hydrogens (tertiary/aromatic N) is 2. The lowest BCUT2D eigenvalue weighted by molar-refractivity contribution is -0.140. The van der Waals surface area contributed by atoms with Gasteiger partial charge in [-0.15, -0.1) is 0 Å². The van der Waals surface area contributed by atoms with Gasteiger partial charge in [0.15, 0.2) is 11.5 Å². The number of carboxylic acid groups (broad SMARTS) is 1. The Morgan fingerprint density at radius 1 is 1.32 bits per heavy atom. The molecule has 2 heterocycles. The number of carboxylic acids is 1. The molecule has 0 aliphatic heterocycles. The van der Waals surface area contributed by atoms with Crippen LogP contribution in [0.1, 0.15) is 25.1 Å². The second-order valence-electron chi connectivity index (χ2n) is 6.48. The summed E-state index contributed by atoms with van der Waals surface area (Å²) in [6, 6.07) is 1.91. The van der Waals surface area contributed by atoms with E-state index in [-0.39, 0.29) is 5.91 Å². The first-order valence-corrected chi connectivity index (χ1v) is 7.09. The third-order valence-corrected chi connectivity index (χ3v) is 4.47. The van der Waals surface area contributed by atoms with Gasteiger partial charge < -0.3 is 10.4 Å². The minimum absolute atomic E-state index is 0.314. The Hall–Kier alpha value is -2.44. The fourth-order valence-corrected chi connectivity index (χ4v) is 3.25. The third-order valence-electron chi connectivity index (χ3n) is 4.47. The lowest BCUT2D eigenvalue weighted by Gasteiger charge is -2.05. The van der Waals surface area contributed by atoms with Gasteiger partial charge in [0.2, 0.25) is 5.91 Å². The van der Waals surface area contributed by atoms with Gasteiger partial charge in [0.1, 0.15) is 0 Å². The molecule has 3 N–H and O–H groups in total. The number of aromatic amines is 1.